The summed E-state index contributed by atoms with van der Waals surface area (Å²) in [6, 6.07) is 13.2. The van der Waals surface area contributed by atoms with Crippen molar-refractivity contribution in [3.8, 4) is 5.75 Å². The van der Waals surface area contributed by atoms with Crippen molar-refractivity contribution >= 4 is 29.4 Å². The maximum Gasteiger partial charge on any atom is 0.328 e. The molecule has 3 rings (SSSR count). The van der Waals surface area contributed by atoms with Gasteiger partial charge in [0.2, 0.25) is 11.8 Å². The first-order valence-electron chi connectivity index (χ1n) is 12.4. The topological polar surface area (TPSA) is 157 Å². The first-order valence-corrected chi connectivity index (χ1v) is 12.4. The number of aliphatic carboxylic acids is 1. The Balaban J connectivity index is 0.00000118. The van der Waals surface area contributed by atoms with Crippen molar-refractivity contribution in [3.63, 3.8) is 0 Å². The fourth-order valence-electron chi connectivity index (χ4n) is 4.10. The lowest BCUT2D eigenvalue weighted by Crippen LogP contribution is -2.53. The number of anilines is 1. The minimum atomic E-state index is -0.850. The van der Waals surface area contributed by atoms with Crippen molar-refractivity contribution in [2.75, 3.05) is 19.5 Å². The molecule has 206 valence electrons. The lowest BCUT2D eigenvalue weighted by Gasteiger charge is -2.24. The van der Waals surface area contributed by atoms with Gasteiger partial charge in [-0.05, 0) is 36.1 Å². The highest BCUT2D eigenvalue weighted by atomic mass is 16.5. The maximum absolute atomic E-state index is 13.2. The number of carbonyl (C=O) groups excluding carboxylic acids is 3. The van der Waals surface area contributed by atoms with Gasteiger partial charge in [0.15, 0.2) is 0 Å². The van der Waals surface area contributed by atoms with Crippen LogP contribution in [-0.2, 0) is 30.3 Å². The van der Waals surface area contributed by atoms with E-state index in [4.69, 9.17) is 25.1 Å². The Hall–Kier alpha value is -4.08. The highest BCUT2D eigenvalue weighted by molar-refractivity contribution is 5.91. The van der Waals surface area contributed by atoms with E-state index in [1.54, 1.807) is 12.1 Å². The van der Waals surface area contributed by atoms with Crippen LogP contribution in [0.3, 0.4) is 0 Å². The molecule has 3 atom stereocenters. The van der Waals surface area contributed by atoms with Gasteiger partial charge >= 0.3 is 5.97 Å². The lowest BCUT2D eigenvalue weighted by atomic mass is 9.96. The predicted molar refractivity (Wildman–Crippen MR) is 142 cm³/mol. The second-order valence-corrected chi connectivity index (χ2v) is 9.55. The third-order valence-corrected chi connectivity index (χ3v) is 5.79. The van der Waals surface area contributed by atoms with Gasteiger partial charge in [0.25, 0.3) is 5.97 Å². The number of hydrogen-bond donors (Lipinski definition) is 4. The SMILES string of the molecule is CC(=O)O.COC(=O)[C@H](CC(C)C)NC(=O)[C@H](Cc1ccccc1)NC(=O)CC1COc2ccc(N)cc21. The third-order valence-electron chi connectivity index (χ3n) is 5.79. The van der Waals surface area contributed by atoms with Gasteiger partial charge in [0.05, 0.1) is 13.7 Å². The standard InChI is InChI=1S/C26H33N3O5.C2H4O2/c1-16(2)11-22(26(32)33-3)29-25(31)21(12-17-7-5-4-6-8-17)28-24(30)13-18-15-34-23-10-9-19(27)14-20(18)23;1-2(3)4/h4-10,14,16,18,21-22H,11-13,15,27H2,1-3H3,(H,28,30)(H,29,31);1H3,(H,3,4)/t18?,21-,22-;/m0./s1. The molecule has 0 aliphatic carbocycles. The second kappa shape index (κ2) is 14.6. The molecule has 1 aliphatic rings. The van der Waals surface area contributed by atoms with E-state index in [2.05, 4.69) is 10.6 Å². The van der Waals surface area contributed by atoms with Gasteiger partial charge in [0, 0.05) is 36.9 Å². The summed E-state index contributed by atoms with van der Waals surface area (Å²) in [5.41, 5.74) is 8.29. The van der Waals surface area contributed by atoms with Crippen LogP contribution in [0, 0.1) is 5.92 Å². The number of nitrogens with two attached hydrogens (primary N) is 1. The predicted octanol–water partition coefficient (Wildman–Crippen LogP) is 2.66. The molecule has 0 radical (unpaired) electrons. The average Bonchev–Trinajstić information content (AvgIpc) is 3.24. The van der Waals surface area contributed by atoms with Crippen molar-refractivity contribution in [1.82, 2.24) is 10.6 Å². The van der Waals surface area contributed by atoms with E-state index in [-0.39, 0.29) is 24.2 Å². The highest BCUT2D eigenvalue weighted by Crippen LogP contribution is 2.37. The van der Waals surface area contributed by atoms with Crippen molar-refractivity contribution in [1.29, 1.82) is 0 Å². The monoisotopic (exact) mass is 527 g/mol. The second-order valence-electron chi connectivity index (χ2n) is 9.55. The summed E-state index contributed by atoms with van der Waals surface area (Å²) in [6.45, 7) is 5.37. The van der Waals surface area contributed by atoms with E-state index in [0.717, 1.165) is 23.8 Å². The van der Waals surface area contributed by atoms with Crippen molar-refractivity contribution in [2.24, 2.45) is 5.92 Å². The molecule has 0 fully saturated rings. The summed E-state index contributed by atoms with van der Waals surface area (Å²) in [5, 5.41) is 13.1. The minimum Gasteiger partial charge on any atom is -0.493 e. The van der Waals surface area contributed by atoms with E-state index in [9.17, 15) is 14.4 Å². The smallest absolute Gasteiger partial charge is 0.328 e. The minimum absolute atomic E-state index is 0.150. The molecule has 2 aromatic carbocycles. The Kier molecular flexibility index (Phi) is 11.6. The fourth-order valence-corrected chi connectivity index (χ4v) is 4.10. The van der Waals surface area contributed by atoms with Gasteiger partial charge < -0.3 is 30.9 Å². The van der Waals surface area contributed by atoms with Crippen LogP contribution in [0.1, 0.15) is 50.7 Å². The van der Waals surface area contributed by atoms with Crippen LogP contribution in [0.4, 0.5) is 5.69 Å². The molecular formula is C28H37N3O7. The van der Waals surface area contributed by atoms with Crippen LogP contribution >= 0.6 is 0 Å². The molecule has 0 saturated carbocycles. The number of nitrogens with one attached hydrogen (secondary N) is 2. The van der Waals surface area contributed by atoms with E-state index in [1.807, 2.05) is 50.2 Å². The molecule has 10 heteroatoms. The zero-order valence-electron chi connectivity index (χ0n) is 22.2. The molecule has 2 aromatic rings. The van der Waals surface area contributed by atoms with Crippen LogP contribution in [0.5, 0.6) is 5.75 Å². The number of benzene rings is 2. The quantitative estimate of drug-likeness (QED) is 0.271. The van der Waals surface area contributed by atoms with Crippen molar-refractivity contribution in [2.45, 2.75) is 58.0 Å². The zero-order chi connectivity index (χ0) is 28.2. The molecule has 38 heavy (non-hydrogen) atoms. The lowest BCUT2D eigenvalue weighted by molar-refractivity contribution is -0.145. The normalized spacial score (nSPS) is 15.1. The molecule has 1 unspecified atom stereocenters. The number of rotatable bonds is 10. The van der Waals surface area contributed by atoms with Crippen LogP contribution in [0.2, 0.25) is 0 Å². The summed E-state index contributed by atoms with van der Waals surface area (Å²) < 4.78 is 10.5. The molecule has 10 nitrogen and oxygen atoms in total. The van der Waals surface area contributed by atoms with Crippen molar-refractivity contribution < 1.29 is 33.8 Å². The zero-order valence-corrected chi connectivity index (χ0v) is 22.2. The number of fused-ring (bicyclic) bond motifs is 1. The summed E-state index contributed by atoms with van der Waals surface area (Å²) in [4.78, 5) is 47.4. The third kappa shape index (κ3) is 9.76. The Morgan fingerprint density at radius 1 is 1.08 bits per heavy atom. The van der Waals surface area contributed by atoms with Gasteiger partial charge in [-0.15, -0.1) is 0 Å². The Morgan fingerprint density at radius 3 is 2.34 bits per heavy atom. The first kappa shape index (κ1) is 30.1. The van der Waals surface area contributed by atoms with Crippen LogP contribution in [0.15, 0.2) is 48.5 Å². The van der Waals surface area contributed by atoms with Gasteiger partial charge in [-0.25, -0.2) is 4.79 Å². The maximum atomic E-state index is 13.2. The van der Waals surface area contributed by atoms with E-state index in [0.29, 0.717) is 25.1 Å². The molecular weight excluding hydrogens is 490 g/mol. The largest absolute Gasteiger partial charge is 0.493 e. The molecule has 0 bridgehead atoms. The highest BCUT2D eigenvalue weighted by Gasteiger charge is 2.31. The molecule has 0 aromatic heterocycles. The molecule has 0 spiro atoms. The van der Waals surface area contributed by atoms with Gasteiger partial charge in [-0.3, -0.25) is 14.4 Å². The number of nitrogen functional groups attached to an aromatic ring is 1. The number of carbonyl (C=O) groups is 4. The molecule has 1 heterocycles. The van der Waals surface area contributed by atoms with E-state index < -0.39 is 29.9 Å². The number of amides is 2. The van der Waals surface area contributed by atoms with Crippen LogP contribution in [0.25, 0.3) is 0 Å². The first-order chi connectivity index (χ1) is 18.0. The number of carboxylic acids is 1. The Morgan fingerprint density at radius 2 is 1.74 bits per heavy atom. The summed E-state index contributed by atoms with van der Waals surface area (Å²) in [6.07, 6.45) is 0.877. The number of carboxylic acid groups (broad SMARTS) is 1. The average molecular weight is 528 g/mol. The number of hydrogen-bond acceptors (Lipinski definition) is 7. The Labute approximate surface area is 222 Å². The van der Waals surface area contributed by atoms with Crippen molar-refractivity contribution in [3.05, 3.63) is 59.7 Å². The summed E-state index contributed by atoms with van der Waals surface area (Å²) >= 11 is 0. The molecule has 0 saturated heterocycles. The number of ether oxygens (including phenoxy) is 2. The van der Waals surface area contributed by atoms with E-state index >= 15 is 0 Å². The van der Waals surface area contributed by atoms with E-state index in [1.165, 1.54) is 7.11 Å². The molecule has 2 amide bonds. The summed E-state index contributed by atoms with van der Waals surface area (Å²) in [7, 11) is 1.29. The van der Waals surface area contributed by atoms with Gasteiger partial charge in [-0.1, -0.05) is 44.2 Å². The molecule has 5 N–H and O–H groups in total. The number of esters is 1. The van der Waals surface area contributed by atoms with Crippen LogP contribution in [-0.4, -0.2) is 54.7 Å². The number of methoxy groups -OCH3 is 1. The fraction of sp³-hybridized carbons (Fsp3) is 0.429. The van der Waals surface area contributed by atoms with Gasteiger partial charge in [0.1, 0.15) is 17.8 Å². The van der Waals surface area contributed by atoms with Gasteiger partial charge in [-0.2, -0.15) is 0 Å². The molecule has 1 aliphatic heterocycles. The Bertz CT molecular complexity index is 1100. The van der Waals surface area contributed by atoms with Crippen LogP contribution < -0.4 is 21.1 Å². The summed E-state index contributed by atoms with van der Waals surface area (Å²) in [5.74, 6) is -1.31.